The summed E-state index contributed by atoms with van der Waals surface area (Å²) in [6.07, 6.45) is 3.12. The number of carbonyl (C=O) groups excluding carboxylic acids is 3. The molecule has 180 valence electrons. The Kier molecular flexibility index (Phi) is 8.08. The monoisotopic (exact) mass is 462 g/mol. The molecule has 2 aliphatic heterocycles. The summed E-state index contributed by atoms with van der Waals surface area (Å²) in [4.78, 5) is 45.0. The third-order valence-corrected chi connectivity index (χ3v) is 6.83. The fourth-order valence-electron chi connectivity index (χ4n) is 4.73. The van der Waals surface area contributed by atoms with Crippen molar-refractivity contribution >= 4 is 23.3 Å². The van der Waals surface area contributed by atoms with Crippen molar-refractivity contribution in [1.29, 1.82) is 0 Å². The molecule has 4 rings (SSSR count). The summed E-state index contributed by atoms with van der Waals surface area (Å²) in [5, 5.41) is 2.98. The highest BCUT2D eigenvalue weighted by atomic mass is 16.2. The van der Waals surface area contributed by atoms with Gasteiger partial charge in [0.1, 0.15) is 0 Å². The number of amides is 2. The zero-order valence-corrected chi connectivity index (χ0v) is 19.9. The molecule has 2 fully saturated rings. The summed E-state index contributed by atoms with van der Waals surface area (Å²) >= 11 is 0. The maximum absolute atomic E-state index is 13.1. The van der Waals surface area contributed by atoms with Crippen LogP contribution >= 0.6 is 0 Å². The highest BCUT2D eigenvalue weighted by Gasteiger charge is 2.27. The molecule has 0 aromatic heterocycles. The normalized spacial score (nSPS) is 18.3. The largest absolute Gasteiger partial charge is 0.342 e. The number of rotatable bonds is 7. The van der Waals surface area contributed by atoms with Crippen LogP contribution in [0.2, 0.25) is 0 Å². The molecule has 0 radical (unpaired) electrons. The lowest BCUT2D eigenvalue weighted by atomic mass is 10.0. The zero-order chi connectivity index (χ0) is 23.9. The van der Waals surface area contributed by atoms with Crippen molar-refractivity contribution in [2.45, 2.75) is 32.2 Å². The number of carbonyl (C=O) groups is 3. The first-order valence-electron chi connectivity index (χ1n) is 12.3. The van der Waals surface area contributed by atoms with E-state index in [1.165, 1.54) is 0 Å². The van der Waals surface area contributed by atoms with Gasteiger partial charge in [-0.3, -0.25) is 24.2 Å². The third kappa shape index (κ3) is 5.90. The quantitative estimate of drug-likeness (QED) is 0.641. The van der Waals surface area contributed by atoms with Gasteiger partial charge in [-0.1, -0.05) is 42.5 Å². The van der Waals surface area contributed by atoms with Crippen molar-refractivity contribution in [3.8, 4) is 0 Å². The molecule has 34 heavy (non-hydrogen) atoms. The number of nitrogens with one attached hydrogen (secondary N) is 1. The van der Waals surface area contributed by atoms with Crippen LogP contribution in [0, 0.1) is 0 Å². The van der Waals surface area contributed by atoms with E-state index in [0.717, 1.165) is 58.5 Å². The van der Waals surface area contributed by atoms with Crippen LogP contribution in [0.25, 0.3) is 0 Å². The number of hydrogen-bond donors (Lipinski definition) is 1. The molecule has 2 aromatic carbocycles. The molecule has 1 N–H and O–H groups in total. The highest BCUT2D eigenvalue weighted by molar-refractivity contribution is 6.14. The molecule has 0 saturated carbocycles. The molecule has 7 nitrogen and oxygen atoms in total. The lowest BCUT2D eigenvalue weighted by Crippen LogP contribution is -2.45. The van der Waals surface area contributed by atoms with E-state index in [4.69, 9.17) is 0 Å². The Morgan fingerprint density at radius 2 is 1.53 bits per heavy atom. The fourth-order valence-corrected chi connectivity index (χ4v) is 4.73. The first kappa shape index (κ1) is 24.1. The summed E-state index contributed by atoms with van der Waals surface area (Å²) in [7, 11) is 0. The molecule has 2 amide bonds. The van der Waals surface area contributed by atoms with Crippen molar-refractivity contribution in [2.75, 3.05) is 51.1 Å². The maximum atomic E-state index is 13.1. The molecule has 2 aromatic rings. The van der Waals surface area contributed by atoms with Crippen LogP contribution in [0.3, 0.4) is 0 Å². The van der Waals surface area contributed by atoms with Gasteiger partial charge >= 0.3 is 0 Å². The first-order valence-corrected chi connectivity index (χ1v) is 12.3. The van der Waals surface area contributed by atoms with E-state index in [1.54, 1.807) is 24.3 Å². The molecule has 0 aliphatic carbocycles. The van der Waals surface area contributed by atoms with Gasteiger partial charge in [0.2, 0.25) is 11.8 Å². The van der Waals surface area contributed by atoms with E-state index in [9.17, 15) is 14.4 Å². The summed E-state index contributed by atoms with van der Waals surface area (Å²) < 4.78 is 0. The Bertz CT molecular complexity index is 1000. The molecule has 0 bridgehead atoms. The second-order valence-electron chi connectivity index (χ2n) is 9.16. The van der Waals surface area contributed by atoms with Crippen molar-refractivity contribution < 1.29 is 14.4 Å². The van der Waals surface area contributed by atoms with Gasteiger partial charge in [-0.15, -0.1) is 0 Å². The van der Waals surface area contributed by atoms with Crippen molar-refractivity contribution in [2.24, 2.45) is 0 Å². The van der Waals surface area contributed by atoms with Crippen LogP contribution in [0.5, 0.6) is 0 Å². The van der Waals surface area contributed by atoms with Crippen molar-refractivity contribution in [1.82, 2.24) is 14.7 Å². The van der Waals surface area contributed by atoms with Crippen LogP contribution in [0.1, 0.15) is 42.1 Å². The predicted octanol–water partition coefficient (Wildman–Crippen LogP) is 2.87. The van der Waals surface area contributed by atoms with Crippen molar-refractivity contribution in [3.63, 3.8) is 0 Å². The van der Waals surface area contributed by atoms with Gasteiger partial charge in [0.05, 0.1) is 18.3 Å². The van der Waals surface area contributed by atoms with E-state index in [2.05, 4.69) is 15.1 Å². The Labute approximate surface area is 201 Å². The molecule has 2 saturated heterocycles. The van der Waals surface area contributed by atoms with E-state index >= 15 is 0 Å². The van der Waals surface area contributed by atoms with Crippen molar-refractivity contribution in [3.05, 3.63) is 65.7 Å². The van der Waals surface area contributed by atoms with Gasteiger partial charge in [-0.25, -0.2) is 0 Å². The molecular formula is C27H34N4O3. The number of benzene rings is 2. The smallest absolute Gasteiger partial charge is 0.241 e. The number of likely N-dealkylation sites (tertiary alicyclic amines) is 1. The molecule has 7 heteroatoms. The molecule has 1 atom stereocenters. The van der Waals surface area contributed by atoms with Crippen LogP contribution in [0.4, 0.5) is 5.69 Å². The van der Waals surface area contributed by atoms with E-state index in [-0.39, 0.29) is 23.6 Å². The average molecular weight is 463 g/mol. The Morgan fingerprint density at radius 1 is 0.824 bits per heavy atom. The van der Waals surface area contributed by atoms with Crippen LogP contribution in [0.15, 0.2) is 54.6 Å². The van der Waals surface area contributed by atoms with Gasteiger partial charge in [0.15, 0.2) is 5.78 Å². The van der Waals surface area contributed by atoms with Crippen LogP contribution in [-0.4, -0.2) is 84.2 Å². The Morgan fingerprint density at radius 3 is 2.29 bits per heavy atom. The minimum Gasteiger partial charge on any atom is -0.342 e. The summed E-state index contributed by atoms with van der Waals surface area (Å²) in [6.45, 7) is 7.28. The van der Waals surface area contributed by atoms with Crippen LogP contribution in [-0.2, 0) is 9.59 Å². The molecule has 0 spiro atoms. The second kappa shape index (κ2) is 11.4. The van der Waals surface area contributed by atoms with Gasteiger partial charge in [0, 0.05) is 43.9 Å². The van der Waals surface area contributed by atoms with E-state index in [1.807, 2.05) is 42.2 Å². The second-order valence-corrected chi connectivity index (χ2v) is 9.16. The minimum atomic E-state index is -0.339. The summed E-state index contributed by atoms with van der Waals surface area (Å²) in [6, 6.07) is 15.9. The number of nitrogens with zero attached hydrogens (tertiary/aromatic N) is 3. The van der Waals surface area contributed by atoms with Gasteiger partial charge < -0.3 is 10.2 Å². The Balaban J connectivity index is 1.35. The number of anilines is 1. The molecule has 1 unspecified atom stereocenters. The highest BCUT2D eigenvalue weighted by Crippen LogP contribution is 2.20. The number of ketones is 1. The van der Waals surface area contributed by atoms with Gasteiger partial charge in [-0.05, 0) is 44.9 Å². The molecular weight excluding hydrogens is 428 g/mol. The average Bonchev–Trinajstić information content (AvgIpc) is 3.31. The van der Waals surface area contributed by atoms with Gasteiger partial charge in [-0.2, -0.15) is 0 Å². The standard InChI is InChI=1S/C27H34N4O3/c1-21(30-17-9-14-29(18-19-30)20-25(32)31-15-7-8-16-31)27(34)28-24-13-6-5-12-23(24)26(33)22-10-3-2-4-11-22/h2-6,10-13,21H,7-9,14-20H2,1H3,(H,28,34). The van der Waals surface area contributed by atoms with Gasteiger partial charge in [0.25, 0.3) is 0 Å². The SMILES string of the molecule is CC(C(=O)Nc1ccccc1C(=O)c1ccccc1)N1CCCN(CC(=O)N2CCCC2)CC1. The Hall–Kier alpha value is -3.03. The lowest BCUT2D eigenvalue weighted by Gasteiger charge is -2.27. The third-order valence-electron chi connectivity index (χ3n) is 6.83. The summed E-state index contributed by atoms with van der Waals surface area (Å²) in [5.41, 5.74) is 1.60. The fraction of sp³-hybridized carbons (Fsp3) is 0.444. The van der Waals surface area contributed by atoms with E-state index in [0.29, 0.717) is 23.4 Å². The van der Waals surface area contributed by atoms with E-state index < -0.39 is 0 Å². The lowest BCUT2D eigenvalue weighted by molar-refractivity contribution is -0.131. The molecule has 2 aliphatic rings. The first-order chi connectivity index (χ1) is 16.5. The zero-order valence-electron chi connectivity index (χ0n) is 19.9. The number of hydrogen-bond acceptors (Lipinski definition) is 5. The van der Waals surface area contributed by atoms with Crippen LogP contribution < -0.4 is 5.32 Å². The summed E-state index contributed by atoms with van der Waals surface area (Å²) in [5.74, 6) is -0.0245. The molecule has 2 heterocycles. The maximum Gasteiger partial charge on any atom is 0.241 e. The number of para-hydroxylation sites is 1. The minimum absolute atomic E-state index is 0.114. The predicted molar refractivity (Wildman–Crippen MR) is 133 cm³/mol. The topological polar surface area (TPSA) is 73.0 Å².